The highest BCUT2D eigenvalue weighted by molar-refractivity contribution is 7.12. The van der Waals surface area contributed by atoms with Crippen molar-refractivity contribution in [1.82, 2.24) is 4.90 Å². The molecule has 1 amide bonds. The molecule has 1 atom stereocenters. The summed E-state index contributed by atoms with van der Waals surface area (Å²) in [4.78, 5) is 27.2. The fraction of sp³-hybridized carbons (Fsp3) is 0.625. The van der Waals surface area contributed by atoms with E-state index < -0.39 is 11.6 Å². The van der Waals surface area contributed by atoms with Gasteiger partial charge in [0.05, 0.1) is 5.56 Å². The molecule has 1 aliphatic heterocycles. The Labute approximate surface area is 134 Å². The van der Waals surface area contributed by atoms with Crippen LogP contribution in [-0.2, 0) is 4.74 Å². The molecule has 122 valence electrons. The Morgan fingerprint density at radius 1 is 1.32 bits per heavy atom. The van der Waals surface area contributed by atoms with E-state index in [-0.39, 0.29) is 12.0 Å². The van der Waals surface area contributed by atoms with Crippen LogP contribution in [-0.4, -0.2) is 40.8 Å². The van der Waals surface area contributed by atoms with Crippen LogP contribution in [0.15, 0.2) is 0 Å². The van der Waals surface area contributed by atoms with Crippen molar-refractivity contribution in [1.29, 1.82) is 0 Å². The number of likely N-dealkylation sites (tertiary alicyclic amines) is 1. The van der Waals surface area contributed by atoms with E-state index in [1.165, 1.54) is 11.3 Å². The van der Waals surface area contributed by atoms with Gasteiger partial charge in [0.1, 0.15) is 5.60 Å². The third-order valence-corrected chi connectivity index (χ3v) is 5.21. The van der Waals surface area contributed by atoms with Gasteiger partial charge in [0, 0.05) is 28.8 Å². The van der Waals surface area contributed by atoms with Crippen LogP contribution in [0.5, 0.6) is 0 Å². The molecule has 0 saturated carbocycles. The number of aromatic carboxylic acids is 1. The van der Waals surface area contributed by atoms with Crippen LogP contribution in [0, 0.1) is 13.8 Å². The average molecular weight is 325 g/mol. The van der Waals surface area contributed by atoms with Gasteiger partial charge < -0.3 is 14.7 Å². The van der Waals surface area contributed by atoms with Gasteiger partial charge in [0.25, 0.3) is 0 Å². The number of hydrogen-bond donors (Lipinski definition) is 1. The van der Waals surface area contributed by atoms with Crippen molar-refractivity contribution in [3.63, 3.8) is 0 Å². The van der Waals surface area contributed by atoms with E-state index in [2.05, 4.69) is 0 Å². The smallest absolute Gasteiger partial charge is 0.410 e. The Hall–Kier alpha value is -1.56. The van der Waals surface area contributed by atoms with Crippen LogP contribution in [0.3, 0.4) is 0 Å². The zero-order valence-corrected chi connectivity index (χ0v) is 14.5. The van der Waals surface area contributed by atoms with E-state index in [0.717, 1.165) is 21.7 Å². The number of aryl methyl sites for hydroxylation is 1. The summed E-state index contributed by atoms with van der Waals surface area (Å²) < 4.78 is 5.39. The number of ether oxygens (including phenoxy) is 1. The molecule has 1 fully saturated rings. The van der Waals surface area contributed by atoms with Gasteiger partial charge in [0.2, 0.25) is 0 Å². The monoisotopic (exact) mass is 325 g/mol. The van der Waals surface area contributed by atoms with Gasteiger partial charge in [-0.2, -0.15) is 0 Å². The van der Waals surface area contributed by atoms with Crippen LogP contribution in [0.4, 0.5) is 4.79 Å². The highest BCUT2D eigenvalue weighted by Crippen LogP contribution is 2.38. The summed E-state index contributed by atoms with van der Waals surface area (Å²) in [6, 6.07) is 0. The first-order chi connectivity index (χ1) is 10.1. The maximum absolute atomic E-state index is 12.1. The molecule has 1 unspecified atom stereocenters. The summed E-state index contributed by atoms with van der Waals surface area (Å²) >= 11 is 1.53. The molecule has 0 radical (unpaired) electrons. The SMILES string of the molecule is Cc1sc(C2CCN(C(=O)OC(C)(C)C)C2)c(C(=O)O)c1C. The van der Waals surface area contributed by atoms with Crippen molar-refractivity contribution < 1.29 is 19.4 Å². The van der Waals surface area contributed by atoms with Crippen molar-refractivity contribution in [3.8, 4) is 0 Å². The Bertz CT molecular complexity index is 600. The number of carboxylic acids is 1. The number of carbonyl (C=O) groups is 2. The molecule has 5 nitrogen and oxygen atoms in total. The first-order valence-electron chi connectivity index (χ1n) is 7.41. The molecule has 1 aliphatic rings. The predicted octanol–water partition coefficient (Wildman–Crippen LogP) is 3.79. The van der Waals surface area contributed by atoms with Crippen LogP contribution < -0.4 is 0 Å². The Morgan fingerprint density at radius 2 is 1.95 bits per heavy atom. The first kappa shape index (κ1) is 16.8. The van der Waals surface area contributed by atoms with Gasteiger partial charge in [0.15, 0.2) is 0 Å². The second-order valence-electron chi connectivity index (χ2n) is 6.74. The zero-order valence-electron chi connectivity index (χ0n) is 13.7. The molecular formula is C16H23NO4S. The molecule has 0 spiro atoms. The zero-order chi connectivity index (χ0) is 16.7. The van der Waals surface area contributed by atoms with E-state index in [4.69, 9.17) is 4.74 Å². The highest BCUT2D eigenvalue weighted by Gasteiger charge is 2.34. The van der Waals surface area contributed by atoms with Gasteiger partial charge in [-0.05, 0) is 46.6 Å². The summed E-state index contributed by atoms with van der Waals surface area (Å²) in [6.07, 6.45) is 0.454. The normalized spacial score (nSPS) is 18.6. The van der Waals surface area contributed by atoms with Crippen LogP contribution in [0.1, 0.15) is 58.8 Å². The Morgan fingerprint density at radius 3 is 2.50 bits per heavy atom. The van der Waals surface area contributed by atoms with E-state index in [1.807, 2.05) is 34.6 Å². The van der Waals surface area contributed by atoms with Crippen molar-refractivity contribution in [3.05, 3.63) is 20.9 Å². The molecular weight excluding hydrogens is 302 g/mol. The lowest BCUT2D eigenvalue weighted by molar-refractivity contribution is 0.0292. The topological polar surface area (TPSA) is 66.8 Å². The minimum atomic E-state index is -0.882. The number of hydrogen-bond acceptors (Lipinski definition) is 4. The molecule has 1 saturated heterocycles. The standard InChI is InChI=1S/C16H23NO4S/c1-9-10(2)22-13(12(9)14(18)19)11-6-7-17(8-11)15(20)21-16(3,4)5/h11H,6-8H2,1-5H3,(H,18,19). The number of amides is 1. The quantitative estimate of drug-likeness (QED) is 0.898. The largest absolute Gasteiger partial charge is 0.478 e. The minimum Gasteiger partial charge on any atom is -0.478 e. The van der Waals surface area contributed by atoms with E-state index in [0.29, 0.717) is 18.7 Å². The number of carboxylic acid groups (broad SMARTS) is 1. The number of rotatable bonds is 2. The van der Waals surface area contributed by atoms with Gasteiger partial charge in [-0.15, -0.1) is 11.3 Å². The van der Waals surface area contributed by atoms with Crippen molar-refractivity contribution in [2.45, 2.75) is 52.6 Å². The summed E-state index contributed by atoms with van der Waals surface area (Å²) in [7, 11) is 0. The van der Waals surface area contributed by atoms with Crippen molar-refractivity contribution >= 4 is 23.4 Å². The lowest BCUT2D eigenvalue weighted by atomic mass is 10.0. The van der Waals surface area contributed by atoms with Gasteiger partial charge in [-0.3, -0.25) is 0 Å². The van der Waals surface area contributed by atoms with Crippen LogP contribution in [0.25, 0.3) is 0 Å². The predicted molar refractivity (Wildman–Crippen MR) is 85.9 cm³/mol. The number of carbonyl (C=O) groups excluding carboxylic acids is 1. The van der Waals surface area contributed by atoms with Gasteiger partial charge in [-0.1, -0.05) is 0 Å². The fourth-order valence-corrected chi connectivity index (χ4v) is 3.96. The average Bonchev–Trinajstić information content (AvgIpc) is 2.93. The first-order valence-corrected chi connectivity index (χ1v) is 8.23. The lowest BCUT2D eigenvalue weighted by Crippen LogP contribution is -2.35. The number of nitrogens with zero attached hydrogens (tertiary/aromatic N) is 1. The summed E-state index contributed by atoms with van der Waals surface area (Å²) in [6.45, 7) is 10.4. The maximum Gasteiger partial charge on any atom is 0.410 e. The highest BCUT2D eigenvalue weighted by atomic mass is 32.1. The van der Waals surface area contributed by atoms with E-state index in [1.54, 1.807) is 4.90 Å². The minimum absolute atomic E-state index is 0.0796. The summed E-state index contributed by atoms with van der Waals surface area (Å²) in [5.41, 5.74) is 0.735. The fourth-order valence-electron chi connectivity index (χ4n) is 2.67. The summed E-state index contributed by atoms with van der Waals surface area (Å²) in [5, 5.41) is 9.45. The molecule has 0 bridgehead atoms. The molecule has 22 heavy (non-hydrogen) atoms. The van der Waals surface area contributed by atoms with E-state index in [9.17, 15) is 14.7 Å². The van der Waals surface area contributed by atoms with Crippen molar-refractivity contribution in [2.75, 3.05) is 13.1 Å². The molecule has 0 aliphatic carbocycles. The number of thiophene rings is 1. The second-order valence-corrected chi connectivity index (χ2v) is 8.00. The van der Waals surface area contributed by atoms with Gasteiger partial charge in [-0.25, -0.2) is 9.59 Å². The van der Waals surface area contributed by atoms with Crippen LogP contribution >= 0.6 is 11.3 Å². The third kappa shape index (κ3) is 3.43. The van der Waals surface area contributed by atoms with Crippen molar-refractivity contribution in [2.24, 2.45) is 0 Å². The molecule has 6 heteroatoms. The molecule has 2 heterocycles. The lowest BCUT2D eigenvalue weighted by Gasteiger charge is -2.24. The maximum atomic E-state index is 12.1. The van der Waals surface area contributed by atoms with Crippen LogP contribution in [0.2, 0.25) is 0 Å². The molecule has 1 aromatic rings. The Kier molecular flexibility index (Phi) is 4.52. The molecule has 2 rings (SSSR count). The Balaban J connectivity index is 2.16. The molecule has 0 aromatic carbocycles. The van der Waals surface area contributed by atoms with E-state index >= 15 is 0 Å². The van der Waals surface area contributed by atoms with Gasteiger partial charge >= 0.3 is 12.1 Å². The third-order valence-electron chi connectivity index (χ3n) is 3.84. The summed E-state index contributed by atoms with van der Waals surface area (Å²) in [5.74, 6) is -0.802. The molecule has 1 N–H and O–H groups in total. The second kappa shape index (κ2) is 5.91. The molecule has 1 aromatic heterocycles.